The normalized spacial score (nSPS) is 13.2. The molecule has 5 heteroatoms. The quantitative estimate of drug-likeness (QED) is 0.789. The molecule has 21 heavy (non-hydrogen) atoms. The molecule has 0 saturated carbocycles. The van der Waals surface area contributed by atoms with Crippen LogP contribution in [0.5, 0.6) is 0 Å². The second-order valence-corrected chi connectivity index (χ2v) is 5.61. The van der Waals surface area contributed by atoms with Crippen molar-refractivity contribution < 1.29 is 9.59 Å². The van der Waals surface area contributed by atoms with Crippen molar-refractivity contribution in [2.24, 2.45) is 0 Å². The van der Waals surface area contributed by atoms with Crippen LogP contribution in [0.15, 0.2) is 46.9 Å². The van der Waals surface area contributed by atoms with Gasteiger partial charge in [0.05, 0.1) is 29.4 Å². The summed E-state index contributed by atoms with van der Waals surface area (Å²) < 4.78 is 0.805. The number of Topliss-reactive ketones (excluding diaryl/α,β-unsaturated/α-hetero) is 1. The van der Waals surface area contributed by atoms with Crippen LogP contribution in [0.25, 0.3) is 0 Å². The van der Waals surface area contributed by atoms with E-state index in [1.165, 1.54) is 4.90 Å². The van der Waals surface area contributed by atoms with Crippen LogP contribution >= 0.6 is 15.9 Å². The van der Waals surface area contributed by atoms with Crippen LogP contribution in [0.3, 0.4) is 0 Å². The molecule has 0 aromatic heterocycles. The fraction of sp³-hybridized carbons (Fsp3) is 0.0625. The standard InChI is InChI=1S/C16H9BrN2O2/c17-12-4-5-13-14(7-12)19(16(21)15(13)20)9-11-3-1-2-10(6-11)8-18/h1-7H,9H2. The molecule has 2 aromatic carbocycles. The Bertz CT molecular complexity index is 808. The summed E-state index contributed by atoms with van der Waals surface area (Å²) in [6, 6.07) is 14.2. The SMILES string of the molecule is N#Cc1cccc(CN2C(=O)C(=O)c3ccc(Br)cc32)c1. The van der Waals surface area contributed by atoms with E-state index in [0.29, 0.717) is 16.8 Å². The average molecular weight is 341 g/mol. The fourth-order valence-corrected chi connectivity index (χ4v) is 2.70. The van der Waals surface area contributed by atoms with Crippen molar-refractivity contribution >= 4 is 33.3 Å². The van der Waals surface area contributed by atoms with Gasteiger partial charge < -0.3 is 4.90 Å². The number of ketones is 1. The van der Waals surface area contributed by atoms with Crippen LogP contribution in [-0.2, 0) is 11.3 Å². The van der Waals surface area contributed by atoms with Gasteiger partial charge in [-0.05, 0) is 35.9 Å². The third-order valence-corrected chi connectivity index (χ3v) is 3.82. The number of hydrogen-bond donors (Lipinski definition) is 0. The number of carbonyl (C=O) groups excluding carboxylic acids is 2. The molecule has 1 heterocycles. The molecule has 2 aromatic rings. The predicted octanol–water partition coefficient (Wildman–Crippen LogP) is 3.05. The molecule has 3 rings (SSSR count). The maximum Gasteiger partial charge on any atom is 0.299 e. The Morgan fingerprint density at radius 1 is 1.14 bits per heavy atom. The van der Waals surface area contributed by atoms with Crippen molar-refractivity contribution in [3.63, 3.8) is 0 Å². The third-order valence-electron chi connectivity index (χ3n) is 3.33. The second kappa shape index (κ2) is 5.15. The first-order chi connectivity index (χ1) is 10.1. The summed E-state index contributed by atoms with van der Waals surface area (Å²) in [6.07, 6.45) is 0. The number of hydrogen-bond acceptors (Lipinski definition) is 3. The van der Waals surface area contributed by atoms with Crippen LogP contribution < -0.4 is 4.90 Å². The Labute approximate surface area is 129 Å². The number of halogens is 1. The maximum atomic E-state index is 12.1. The van der Waals surface area contributed by atoms with Gasteiger partial charge in [-0.15, -0.1) is 0 Å². The van der Waals surface area contributed by atoms with Gasteiger partial charge in [-0.1, -0.05) is 28.1 Å². The molecule has 1 amide bonds. The zero-order valence-electron chi connectivity index (χ0n) is 10.8. The minimum Gasteiger partial charge on any atom is -0.300 e. The molecule has 0 spiro atoms. The van der Waals surface area contributed by atoms with Crippen molar-refractivity contribution in [3.8, 4) is 6.07 Å². The Hall–Kier alpha value is -2.45. The van der Waals surface area contributed by atoms with E-state index in [9.17, 15) is 9.59 Å². The molecule has 0 fully saturated rings. The Kier molecular flexibility index (Phi) is 3.32. The largest absolute Gasteiger partial charge is 0.300 e. The molecular weight excluding hydrogens is 332 g/mol. The molecule has 1 aliphatic heterocycles. The molecule has 4 nitrogen and oxygen atoms in total. The lowest BCUT2D eigenvalue weighted by molar-refractivity contribution is -0.114. The highest BCUT2D eigenvalue weighted by Gasteiger charge is 2.35. The van der Waals surface area contributed by atoms with E-state index in [-0.39, 0.29) is 6.54 Å². The number of fused-ring (bicyclic) bond motifs is 1. The average Bonchev–Trinajstić information content (AvgIpc) is 2.72. The van der Waals surface area contributed by atoms with Crippen LogP contribution in [0.2, 0.25) is 0 Å². The van der Waals surface area contributed by atoms with E-state index in [2.05, 4.69) is 22.0 Å². The van der Waals surface area contributed by atoms with Crippen molar-refractivity contribution in [3.05, 3.63) is 63.6 Å². The Morgan fingerprint density at radius 2 is 1.95 bits per heavy atom. The van der Waals surface area contributed by atoms with Gasteiger partial charge >= 0.3 is 0 Å². The maximum absolute atomic E-state index is 12.1. The first kappa shape index (κ1) is 13.5. The van der Waals surface area contributed by atoms with E-state index in [4.69, 9.17) is 5.26 Å². The minimum absolute atomic E-state index is 0.267. The highest BCUT2D eigenvalue weighted by Crippen LogP contribution is 2.32. The molecule has 0 N–H and O–H groups in total. The van der Waals surface area contributed by atoms with E-state index >= 15 is 0 Å². The third kappa shape index (κ3) is 2.34. The number of carbonyl (C=O) groups is 2. The van der Waals surface area contributed by atoms with Crippen LogP contribution in [0.4, 0.5) is 5.69 Å². The van der Waals surface area contributed by atoms with Gasteiger partial charge in [0, 0.05) is 4.47 Å². The molecule has 1 aliphatic rings. The monoisotopic (exact) mass is 340 g/mol. The number of rotatable bonds is 2. The van der Waals surface area contributed by atoms with E-state index in [1.807, 2.05) is 6.07 Å². The zero-order chi connectivity index (χ0) is 15.0. The molecule has 0 bridgehead atoms. The molecule has 0 unspecified atom stereocenters. The predicted molar refractivity (Wildman–Crippen MR) is 80.8 cm³/mol. The Balaban J connectivity index is 2.00. The summed E-state index contributed by atoms with van der Waals surface area (Å²) in [4.78, 5) is 25.5. The lowest BCUT2D eigenvalue weighted by Crippen LogP contribution is -2.29. The number of nitriles is 1. The molecule has 0 radical (unpaired) electrons. The number of anilines is 1. The van der Waals surface area contributed by atoms with Crippen LogP contribution in [0.1, 0.15) is 21.5 Å². The topological polar surface area (TPSA) is 61.2 Å². The lowest BCUT2D eigenvalue weighted by atomic mass is 10.1. The first-order valence-electron chi connectivity index (χ1n) is 6.25. The fourth-order valence-electron chi connectivity index (χ4n) is 2.35. The molecule has 0 saturated heterocycles. The highest BCUT2D eigenvalue weighted by atomic mass is 79.9. The summed E-state index contributed by atoms with van der Waals surface area (Å²) in [7, 11) is 0. The number of benzene rings is 2. The molecule has 102 valence electrons. The van der Waals surface area contributed by atoms with Gasteiger partial charge in [-0.25, -0.2) is 0 Å². The first-order valence-corrected chi connectivity index (χ1v) is 7.04. The Morgan fingerprint density at radius 3 is 2.71 bits per heavy atom. The van der Waals surface area contributed by atoms with Gasteiger partial charge in [0.15, 0.2) is 0 Å². The van der Waals surface area contributed by atoms with Crippen molar-refractivity contribution in [1.29, 1.82) is 5.26 Å². The van der Waals surface area contributed by atoms with Gasteiger partial charge in [-0.2, -0.15) is 5.26 Å². The molecule has 0 aliphatic carbocycles. The highest BCUT2D eigenvalue weighted by molar-refractivity contribution is 9.10. The summed E-state index contributed by atoms with van der Waals surface area (Å²) in [5.74, 6) is -1.03. The number of nitrogens with zero attached hydrogens (tertiary/aromatic N) is 2. The van der Waals surface area contributed by atoms with Crippen molar-refractivity contribution in [1.82, 2.24) is 0 Å². The second-order valence-electron chi connectivity index (χ2n) is 4.69. The van der Waals surface area contributed by atoms with E-state index < -0.39 is 11.7 Å². The lowest BCUT2D eigenvalue weighted by Gasteiger charge is -2.16. The smallest absolute Gasteiger partial charge is 0.299 e. The van der Waals surface area contributed by atoms with Crippen molar-refractivity contribution in [2.75, 3.05) is 4.90 Å². The van der Waals surface area contributed by atoms with Crippen LogP contribution in [-0.4, -0.2) is 11.7 Å². The van der Waals surface area contributed by atoms with Crippen molar-refractivity contribution in [2.45, 2.75) is 6.54 Å². The summed E-state index contributed by atoms with van der Waals surface area (Å²) in [5.41, 5.74) is 2.35. The van der Waals surface area contributed by atoms with Gasteiger partial charge in [0.25, 0.3) is 11.7 Å². The summed E-state index contributed by atoms with van der Waals surface area (Å²) in [5, 5.41) is 8.92. The van der Waals surface area contributed by atoms with Gasteiger partial charge in [-0.3, -0.25) is 9.59 Å². The minimum atomic E-state index is -0.537. The molecule has 0 atom stereocenters. The summed E-state index contributed by atoms with van der Waals surface area (Å²) in [6.45, 7) is 0.267. The van der Waals surface area contributed by atoms with E-state index in [0.717, 1.165) is 10.0 Å². The molecular formula is C16H9BrN2O2. The van der Waals surface area contributed by atoms with Gasteiger partial charge in [0.2, 0.25) is 0 Å². The summed E-state index contributed by atoms with van der Waals surface area (Å²) >= 11 is 3.35. The zero-order valence-corrected chi connectivity index (χ0v) is 12.4. The van der Waals surface area contributed by atoms with E-state index in [1.54, 1.807) is 36.4 Å². The van der Waals surface area contributed by atoms with Crippen LogP contribution in [0, 0.1) is 11.3 Å². The van der Waals surface area contributed by atoms with Gasteiger partial charge in [0.1, 0.15) is 0 Å². The number of amides is 1.